The molecule has 1 aliphatic rings. The zero-order chi connectivity index (χ0) is 10.7. The number of nitrogens with zero attached hydrogens (tertiary/aromatic N) is 1. The summed E-state index contributed by atoms with van der Waals surface area (Å²) in [5.41, 5.74) is 1.81. The van der Waals surface area contributed by atoms with Crippen LogP contribution in [0.1, 0.15) is 30.9 Å². The van der Waals surface area contributed by atoms with Gasteiger partial charge >= 0.3 is 0 Å². The van der Waals surface area contributed by atoms with Gasteiger partial charge in [-0.05, 0) is 12.5 Å². The van der Waals surface area contributed by atoms with Crippen molar-refractivity contribution in [2.45, 2.75) is 19.8 Å². The van der Waals surface area contributed by atoms with Crippen molar-refractivity contribution in [1.82, 2.24) is 0 Å². The number of amidine groups is 1. The van der Waals surface area contributed by atoms with E-state index in [0.717, 1.165) is 36.3 Å². The molecule has 0 bridgehead atoms. The van der Waals surface area contributed by atoms with Crippen molar-refractivity contribution in [2.24, 2.45) is 4.99 Å². The van der Waals surface area contributed by atoms with Gasteiger partial charge < -0.3 is 4.74 Å². The van der Waals surface area contributed by atoms with Crippen LogP contribution in [0.5, 0.6) is 5.75 Å². The fraction of sp³-hybridized carbons (Fsp3) is 0.333. The van der Waals surface area contributed by atoms with Gasteiger partial charge in [0, 0.05) is 17.3 Å². The van der Waals surface area contributed by atoms with Crippen LogP contribution in [-0.4, -0.2) is 18.7 Å². The summed E-state index contributed by atoms with van der Waals surface area (Å²) in [5.74, 6) is 1.16. The van der Waals surface area contributed by atoms with Gasteiger partial charge in [0.2, 0.25) is 0 Å². The maximum absolute atomic E-state index is 7.59. The highest BCUT2D eigenvalue weighted by Crippen LogP contribution is 2.25. The first-order chi connectivity index (χ1) is 7.33. The molecule has 0 fully saturated rings. The summed E-state index contributed by atoms with van der Waals surface area (Å²) in [6, 6.07) is 5.74. The van der Waals surface area contributed by atoms with Crippen molar-refractivity contribution in [1.29, 1.82) is 5.41 Å². The predicted molar refractivity (Wildman–Crippen MR) is 61.3 cm³/mol. The van der Waals surface area contributed by atoms with Crippen LogP contribution >= 0.6 is 0 Å². The summed E-state index contributed by atoms with van der Waals surface area (Å²) in [4.78, 5) is 3.97. The molecule has 0 atom stereocenters. The Balaban J connectivity index is 2.19. The Labute approximate surface area is 89.3 Å². The Kier molecular flexibility index (Phi) is 2.81. The molecular formula is C12H14N2O. The molecule has 0 aliphatic carbocycles. The summed E-state index contributed by atoms with van der Waals surface area (Å²) in [6.45, 7) is 2.87. The lowest BCUT2D eigenvalue weighted by atomic mass is 10.1. The molecule has 0 saturated carbocycles. The van der Waals surface area contributed by atoms with Crippen LogP contribution in [0, 0.1) is 5.41 Å². The number of unbranched alkanes of at least 4 members (excludes halogenated alkanes) is 1. The lowest BCUT2D eigenvalue weighted by Gasteiger charge is -2.08. The summed E-state index contributed by atoms with van der Waals surface area (Å²) in [5, 5.41) is 7.59. The Morgan fingerprint density at radius 2 is 2.27 bits per heavy atom. The van der Waals surface area contributed by atoms with Crippen LogP contribution in [-0.2, 0) is 0 Å². The SMILES string of the molecule is CCCCOc1cccc2c1C=NC2=N. The summed E-state index contributed by atoms with van der Waals surface area (Å²) in [6.07, 6.45) is 3.89. The summed E-state index contributed by atoms with van der Waals surface area (Å²) in [7, 11) is 0. The fourth-order valence-corrected chi connectivity index (χ4v) is 1.53. The number of hydrogen-bond acceptors (Lipinski definition) is 2. The number of nitrogens with one attached hydrogen (secondary N) is 1. The molecule has 1 aromatic rings. The lowest BCUT2D eigenvalue weighted by Crippen LogP contribution is -2.00. The molecule has 3 nitrogen and oxygen atoms in total. The quantitative estimate of drug-likeness (QED) is 0.749. The van der Waals surface area contributed by atoms with E-state index in [1.54, 1.807) is 6.21 Å². The molecule has 1 heterocycles. The van der Waals surface area contributed by atoms with Gasteiger partial charge in [0.15, 0.2) is 5.84 Å². The summed E-state index contributed by atoms with van der Waals surface area (Å²) < 4.78 is 5.65. The molecule has 0 spiro atoms. The molecule has 0 unspecified atom stereocenters. The minimum absolute atomic E-state index is 0.325. The summed E-state index contributed by atoms with van der Waals surface area (Å²) >= 11 is 0. The van der Waals surface area contributed by atoms with Crippen LogP contribution in [0.4, 0.5) is 0 Å². The number of hydrogen-bond donors (Lipinski definition) is 1. The molecule has 2 rings (SSSR count). The maximum atomic E-state index is 7.59. The Morgan fingerprint density at radius 1 is 1.40 bits per heavy atom. The average Bonchev–Trinajstić information content (AvgIpc) is 2.62. The standard InChI is InChI=1S/C12H14N2O/c1-2-3-7-15-11-6-4-5-9-10(11)8-14-12(9)13/h4-6,8,13H,2-3,7H2,1H3. The van der Waals surface area contributed by atoms with Crippen LogP contribution < -0.4 is 4.74 Å². The number of fused-ring (bicyclic) bond motifs is 1. The Bertz CT molecular complexity index is 410. The first-order valence-electron chi connectivity index (χ1n) is 5.21. The van der Waals surface area contributed by atoms with E-state index in [1.165, 1.54) is 0 Å². The fourth-order valence-electron chi connectivity index (χ4n) is 1.53. The van der Waals surface area contributed by atoms with Crippen LogP contribution in [0.15, 0.2) is 23.2 Å². The van der Waals surface area contributed by atoms with Gasteiger partial charge in [0.1, 0.15) is 5.75 Å². The van der Waals surface area contributed by atoms with E-state index >= 15 is 0 Å². The largest absolute Gasteiger partial charge is 0.493 e. The van der Waals surface area contributed by atoms with Gasteiger partial charge in [-0.25, -0.2) is 4.99 Å². The van der Waals surface area contributed by atoms with E-state index in [2.05, 4.69) is 11.9 Å². The van der Waals surface area contributed by atoms with Crippen LogP contribution in [0.25, 0.3) is 0 Å². The van der Waals surface area contributed by atoms with Gasteiger partial charge in [0.05, 0.1) is 6.61 Å². The smallest absolute Gasteiger partial charge is 0.152 e. The van der Waals surface area contributed by atoms with E-state index in [-0.39, 0.29) is 0 Å². The highest BCUT2D eigenvalue weighted by molar-refractivity contribution is 6.15. The first-order valence-corrected chi connectivity index (χ1v) is 5.21. The zero-order valence-corrected chi connectivity index (χ0v) is 8.79. The van der Waals surface area contributed by atoms with Crippen LogP contribution in [0.3, 0.4) is 0 Å². The van der Waals surface area contributed by atoms with Gasteiger partial charge in [0.25, 0.3) is 0 Å². The highest BCUT2D eigenvalue weighted by atomic mass is 16.5. The molecule has 1 aliphatic heterocycles. The molecule has 78 valence electrons. The van der Waals surface area contributed by atoms with E-state index < -0.39 is 0 Å². The Hall–Kier alpha value is -1.64. The van der Waals surface area contributed by atoms with Gasteiger partial charge in [-0.15, -0.1) is 0 Å². The van der Waals surface area contributed by atoms with Gasteiger partial charge in [-0.3, -0.25) is 5.41 Å². The normalized spacial score (nSPS) is 13.0. The third-order valence-corrected chi connectivity index (χ3v) is 2.40. The first kappa shape index (κ1) is 9.90. The van der Waals surface area contributed by atoms with E-state index in [1.807, 2.05) is 18.2 Å². The molecule has 1 N–H and O–H groups in total. The number of aliphatic imine (C=N–C) groups is 1. The number of ether oxygens (including phenoxy) is 1. The van der Waals surface area contributed by atoms with Gasteiger partial charge in [-0.2, -0.15) is 0 Å². The molecule has 0 saturated heterocycles. The molecule has 1 aromatic carbocycles. The third-order valence-electron chi connectivity index (χ3n) is 2.40. The van der Waals surface area contributed by atoms with Crippen molar-refractivity contribution in [2.75, 3.05) is 6.61 Å². The Morgan fingerprint density at radius 3 is 3.07 bits per heavy atom. The van der Waals surface area contributed by atoms with Crippen molar-refractivity contribution in [3.8, 4) is 5.75 Å². The minimum Gasteiger partial charge on any atom is -0.493 e. The zero-order valence-electron chi connectivity index (χ0n) is 8.79. The molecule has 0 amide bonds. The molecule has 3 heteroatoms. The lowest BCUT2D eigenvalue weighted by molar-refractivity contribution is 0.309. The van der Waals surface area contributed by atoms with E-state index in [9.17, 15) is 0 Å². The van der Waals surface area contributed by atoms with E-state index in [0.29, 0.717) is 5.84 Å². The van der Waals surface area contributed by atoms with Crippen molar-refractivity contribution in [3.05, 3.63) is 29.3 Å². The van der Waals surface area contributed by atoms with Crippen molar-refractivity contribution < 1.29 is 4.74 Å². The van der Waals surface area contributed by atoms with E-state index in [4.69, 9.17) is 10.1 Å². The number of rotatable bonds is 4. The maximum Gasteiger partial charge on any atom is 0.152 e. The molecular weight excluding hydrogens is 188 g/mol. The molecule has 0 aromatic heterocycles. The second kappa shape index (κ2) is 4.26. The van der Waals surface area contributed by atoms with Gasteiger partial charge in [-0.1, -0.05) is 25.5 Å². The average molecular weight is 202 g/mol. The molecule has 0 radical (unpaired) electrons. The minimum atomic E-state index is 0.325. The monoisotopic (exact) mass is 202 g/mol. The van der Waals surface area contributed by atoms with Crippen LogP contribution in [0.2, 0.25) is 0 Å². The second-order valence-electron chi connectivity index (χ2n) is 3.53. The molecule has 15 heavy (non-hydrogen) atoms. The topological polar surface area (TPSA) is 45.4 Å². The predicted octanol–water partition coefficient (Wildman–Crippen LogP) is 2.62. The van der Waals surface area contributed by atoms with Crippen molar-refractivity contribution in [3.63, 3.8) is 0 Å². The third kappa shape index (κ3) is 1.91. The number of benzene rings is 1. The second-order valence-corrected chi connectivity index (χ2v) is 3.53. The highest BCUT2D eigenvalue weighted by Gasteiger charge is 2.15. The van der Waals surface area contributed by atoms with Crippen molar-refractivity contribution >= 4 is 12.1 Å².